The Kier molecular flexibility index (Phi) is 4.40. The van der Waals surface area contributed by atoms with Crippen molar-refractivity contribution >= 4 is 17.7 Å². The van der Waals surface area contributed by atoms with Crippen LogP contribution in [0.15, 0.2) is 35.6 Å². The van der Waals surface area contributed by atoms with Crippen molar-refractivity contribution in [2.24, 2.45) is 0 Å². The third-order valence-corrected chi connectivity index (χ3v) is 2.97. The summed E-state index contributed by atoms with van der Waals surface area (Å²) in [7, 11) is 1.29. The number of pyridine rings is 1. The van der Waals surface area contributed by atoms with Crippen LogP contribution < -0.4 is 0 Å². The highest BCUT2D eigenvalue weighted by atomic mass is 32.2. The zero-order chi connectivity index (χ0) is 13.7. The third kappa shape index (κ3) is 3.72. The largest absolute Gasteiger partial charge is 0.468 e. The molecule has 2 aromatic heterocycles. The van der Waals surface area contributed by atoms with Crippen LogP contribution in [0.3, 0.4) is 0 Å². The zero-order valence-electron chi connectivity index (χ0n) is 10.0. The predicted molar refractivity (Wildman–Crippen MR) is 68.0 cm³/mol. The number of aromatic nitrogens is 3. The quantitative estimate of drug-likeness (QED) is 0.369. The summed E-state index contributed by atoms with van der Waals surface area (Å²) in [5.74, 6) is -1.05. The molecular weight excluding hydrogens is 269 g/mol. The van der Waals surface area contributed by atoms with Gasteiger partial charge in [-0.05, 0) is 12.1 Å². The summed E-state index contributed by atoms with van der Waals surface area (Å²) in [6, 6.07) is 6.46. The minimum Gasteiger partial charge on any atom is -0.468 e. The average molecular weight is 279 g/mol. The van der Waals surface area contributed by atoms with Crippen LogP contribution in [-0.4, -0.2) is 33.8 Å². The van der Waals surface area contributed by atoms with Crippen molar-refractivity contribution in [1.29, 1.82) is 0 Å². The first-order valence-electron chi connectivity index (χ1n) is 5.34. The number of carbonyl (C=O) groups is 1. The molecule has 0 aromatic carbocycles. The van der Waals surface area contributed by atoms with E-state index in [9.17, 15) is 9.18 Å². The SMILES string of the molecule is COC(=O)CSc1nc(F)cc(-c2ccccn2)n1. The molecule has 0 aliphatic carbocycles. The molecule has 2 rings (SSSR count). The van der Waals surface area contributed by atoms with Gasteiger partial charge in [0, 0.05) is 12.3 Å². The molecule has 0 spiro atoms. The van der Waals surface area contributed by atoms with Crippen molar-refractivity contribution in [3.63, 3.8) is 0 Å². The lowest BCUT2D eigenvalue weighted by Crippen LogP contribution is -2.04. The van der Waals surface area contributed by atoms with E-state index in [4.69, 9.17) is 0 Å². The summed E-state index contributed by atoms with van der Waals surface area (Å²) in [6.45, 7) is 0. The number of methoxy groups -OCH3 is 1. The van der Waals surface area contributed by atoms with Crippen LogP contribution in [0, 0.1) is 5.95 Å². The average Bonchev–Trinajstić information content (AvgIpc) is 2.45. The van der Waals surface area contributed by atoms with E-state index in [1.54, 1.807) is 24.4 Å². The fraction of sp³-hybridized carbons (Fsp3) is 0.167. The second kappa shape index (κ2) is 6.24. The van der Waals surface area contributed by atoms with Gasteiger partial charge in [-0.25, -0.2) is 4.98 Å². The van der Waals surface area contributed by atoms with Crippen LogP contribution in [0.5, 0.6) is 0 Å². The number of rotatable bonds is 4. The van der Waals surface area contributed by atoms with E-state index in [2.05, 4.69) is 19.7 Å². The molecule has 0 amide bonds. The molecule has 0 radical (unpaired) electrons. The maximum Gasteiger partial charge on any atom is 0.316 e. The topological polar surface area (TPSA) is 65.0 Å². The predicted octanol–water partition coefficient (Wildman–Crippen LogP) is 1.94. The Morgan fingerprint density at radius 2 is 2.21 bits per heavy atom. The molecule has 0 saturated carbocycles. The van der Waals surface area contributed by atoms with Gasteiger partial charge in [0.25, 0.3) is 0 Å². The van der Waals surface area contributed by atoms with Gasteiger partial charge in [0.15, 0.2) is 5.16 Å². The zero-order valence-corrected chi connectivity index (χ0v) is 10.9. The molecule has 0 fully saturated rings. The molecule has 0 aliphatic rings. The monoisotopic (exact) mass is 279 g/mol. The van der Waals surface area contributed by atoms with Crippen LogP contribution in [-0.2, 0) is 9.53 Å². The first-order valence-corrected chi connectivity index (χ1v) is 6.33. The molecule has 2 aromatic rings. The van der Waals surface area contributed by atoms with E-state index in [0.29, 0.717) is 11.4 Å². The van der Waals surface area contributed by atoms with E-state index >= 15 is 0 Å². The second-order valence-electron chi connectivity index (χ2n) is 3.44. The number of hydrogen-bond donors (Lipinski definition) is 0. The van der Waals surface area contributed by atoms with Gasteiger partial charge in [-0.3, -0.25) is 9.78 Å². The van der Waals surface area contributed by atoms with Crippen molar-refractivity contribution in [1.82, 2.24) is 15.0 Å². The molecular formula is C12H10FN3O2S. The van der Waals surface area contributed by atoms with Gasteiger partial charge in [-0.1, -0.05) is 17.8 Å². The van der Waals surface area contributed by atoms with Gasteiger partial charge in [-0.2, -0.15) is 9.37 Å². The highest BCUT2D eigenvalue weighted by molar-refractivity contribution is 7.99. The summed E-state index contributed by atoms with van der Waals surface area (Å²) < 4.78 is 17.9. The van der Waals surface area contributed by atoms with Crippen molar-refractivity contribution in [3.8, 4) is 11.4 Å². The van der Waals surface area contributed by atoms with Crippen molar-refractivity contribution in [2.45, 2.75) is 5.16 Å². The van der Waals surface area contributed by atoms with Crippen molar-refractivity contribution in [2.75, 3.05) is 12.9 Å². The Morgan fingerprint density at radius 3 is 2.89 bits per heavy atom. The maximum atomic E-state index is 13.4. The summed E-state index contributed by atoms with van der Waals surface area (Å²) in [5.41, 5.74) is 0.921. The van der Waals surface area contributed by atoms with Gasteiger partial charge >= 0.3 is 5.97 Å². The van der Waals surface area contributed by atoms with Gasteiger partial charge in [0.05, 0.1) is 24.3 Å². The summed E-state index contributed by atoms with van der Waals surface area (Å²) in [4.78, 5) is 22.9. The van der Waals surface area contributed by atoms with Crippen LogP contribution in [0.2, 0.25) is 0 Å². The number of nitrogens with zero attached hydrogens (tertiary/aromatic N) is 3. The lowest BCUT2D eigenvalue weighted by molar-refractivity contribution is -0.137. The van der Waals surface area contributed by atoms with E-state index in [1.807, 2.05) is 0 Å². The Balaban J connectivity index is 2.22. The molecule has 0 aliphatic heterocycles. The number of halogens is 1. The molecule has 7 heteroatoms. The van der Waals surface area contributed by atoms with E-state index in [1.165, 1.54) is 13.2 Å². The Labute approximate surface area is 113 Å². The van der Waals surface area contributed by atoms with Crippen LogP contribution in [0.4, 0.5) is 4.39 Å². The highest BCUT2D eigenvalue weighted by Crippen LogP contribution is 2.19. The maximum absolute atomic E-state index is 13.4. The molecule has 0 bridgehead atoms. The minimum atomic E-state index is -0.664. The van der Waals surface area contributed by atoms with Crippen molar-refractivity contribution < 1.29 is 13.9 Å². The van der Waals surface area contributed by atoms with E-state index in [-0.39, 0.29) is 10.9 Å². The Bertz CT molecular complexity index is 580. The molecule has 5 nitrogen and oxygen atoms in total. The molecule has 2 heterocycles. The van der Waals surface area contributed by atoms with Crippen LogP contribution >= 0.6 is 11.8 Å². The second-order valence-corrected chi connectivity index (χ2v) is 4.38. The number of thioether (sulfide) groups is 1. The molecule has 0 N–H and O–H groups in total. The molecule has 98 valence electrons. The highest BCUT2D eigenvalue weighted by Gasteiger charge is 2.10. The Morgan fingerprint density at radius 1 is 1.37 bits per heavy atom. The summed E-state index contributed by atoms with van der Waals surface area (Å²) in [6.07, 6.45) is 1.59. The normalized spacial score (nSPS) is 10.2. The first kappa shape index (κ1) is 13.4. The van der Waals surface area contributed by atoms with Gasteiger partial charge in [0.1, 0.15) is 0 Å². The standard InChI is InChI=1S/C12H10FN3O2S/c1-18-11(17)7-19-12-15-9(6-10(13)16-12)8-4-2-3-5-14-8/h2-6H,7H2,1H3. The van der Waals surface area contributed by atoms with Gasteiger partial charge < -0.3 is 4.74 Å². The van der Waals surface area contributed by atoms with E-state index < -0.39 is 11.9 Å². The van der Waals surface area contributed by atoms with E-state index in [0.717, 1.165) is 11.8 Å². The molecule has 0 atom stereocenters. The van der Waals surface area contributed by atoms with Gasteiger partial charge in [0.2, 0.25) is 5.95 Å². The molecule has 19 heavy (non-hydrogen) atoms. The van der Waals surface area contributed by atoms with Crippen molar-refractivity contribution in [3.05, 3.63) is 36.4 Å². The molecule has 0 saturated heterocycles. The molecule has 0 unspecified atom stereocenters. The van der Waals surface area contributed by atoms with Gasteiger partial charge in [-0.15, -0.1) is 0 Å². The van der Waals surface area contributed by atoms with Crippen LogP contribution in [0.1, 0.15) is 0 Å². The lowest BCUT2D eigenvalue weighted by Gasteiger charge is -2.03. The smallest absolute Gasteiger partial charge is 0.316 e. The fourth-order valence-corrected chi connectivity index (χ4v) is 1.97. The summed E-state index contributed by atoms with van der Waals surface area (Å²) in [5, 5.41) is 0.172. The number of hydrogen-bond acceptors (Lipinski definition) is 6. The Hall–Kier alpha value is -2.02. The lowest BCUT2D eigenvalue weighted by atomic mass is 10.2. The number of esters is 1. The van der Waals surface area contributed by atoms with Crippen LogP contribution in [0.25, 0.3) is 11.4 Å². The number of carbonyl (C=O) groups excluding carboxylic acids is 1. The summed E-state index contributed by atoms with van der Waals surface area (Å²) >= 11 is 1.01. The third-order valence-electron chi connectivity index (χ3n) is 2.15. The number of ether oxygens (including phenoxy) is 1. The minimum absolute atomic E-state index is 0.0294. The first-order chi connectivity index (χ1) is 9.19. The fourth-order valence-electron chi connectivity index (χ4n) is 1.29.